The number of sulfonamides is 1. The van der Waals surface area contributed by atoms with Gasteiger partial charge in [-0.2, -0.15) is 0 Å². The van der Waals surface area contributed by atoms with Gasteiger partial charge in [0.25, 0.3) is 0 Å². The first-order valence-corrected chi connectivity index (χ1v) is 8.48. The Balaban J connectivity index is 2.13. The van der Waals surface area contributed by atoms with E-state index in [4.69, 9.17) is 0 Å². The van der Waals surface area contributed by atoms with Gasteiger partial charge >= 0.3 is 0 Å². The quantitative estimate of drug-likeness (QED) is 0.767. The number of fused-ring (bicyclic) bond motifs is 1. The Morgan fingerprint density at radius 2 is 2.05 bits per heavy atom. The molecule has 1 aliphatic rings. The minimum Gasteiger partial charge on any atom is -0.508 e. The maximum atomic E-state index is 11.4. The molecule has 2 rings (SSSR count). The van der Waals surface area contributed by atoms with E-state index in [1.54, 1.807) is 6.07 Å². The summed E-state index contributed by atoms with van der Waals surface area (Å²) in [5, 5.41) is 13.3. The summed E-state index contributed by atoms with van der Waals surface area (Å²) in [6.07, 6.45) is 0.882. The molecule has 0 spiro atoms. The van der Waals surface area contributed by atoms with Crippen molar-refractivity contribution in [3.8, 4) is 5.75 Å². The van der Waals surface area contributed by atoms with Gasteiger partial charge in [-0.15, -0.1) is 0 Å². The second-order valence-electron chi connectivity index (χ2n) is 5.40. The molecule has 3 N–H and O–H groups in total. The molecule has 1 aromatic carbocycles. The van der Waals surface area contributed by atoms with Crippen LogP contribution in [0, 0.1) is 6.92 Å². The molecule has 0 bridgehead atoms. The van der Waals surface area contributed by atoms with E-state index in [0.29, 0.717) is 18.2 Å². The topological polar surface area (TPSA) is 78.4 Å². The highest BCUT2D eigenvalue weighted by Crippen LogP contribution is 2.45. The van der Waals surface area contributed by atoms with Crippen molar-refractivity contribution in [1.82, 2.24) is 10.0 Å². The van der Waals surface area contributed by atoms with E-state index in [-0.39, 0.29) is 11.8 Å². The van der Waals surface area contributed by atoms with Gasteiger partial charge in [0.15, 0.2) is 0 Å². The second-order valence-corrected chi connectivity index (χ2v) is 7.44. The lowest BCUT2D eigenvalue weighted by atomic mass is 9.97. The zero-order chi connectivity index (χ0) is 14.9. The molecule has 112 valence electrons. The SMILES string of the molecule is CNS(=O)(=O)CCNC1CC(C)c2c(C)ccc(O)c21. The monoisotopic (exact) mass is 298 g/mol. The highest BCUT2D eigenvalue weighted by Gasteiger charge is 2.31. The van der Waals surface area contributed by atoms with Gasteiger partial charge in [0.1, 0.15) is 5.75 Å². The fraction of sp³-hybridized carbons (Fsp3) is 0.571. The third-order valence-corrected chi connectivity index (χ3v) is 5.35. The molecule has 1 aromatic rings. The molecule has 0 heterocycles. The van der Waals surface area contributed by atoms with Crippen LogP contribution < -0.4 is 10.0 Å². The normalized spacial score (nSPS) is 21.9. The van der Waals surface area contributed by atoms with Crippen molar-refractivity contribution in [2.45, 2.75) is 32.2 Å². The molecule has 6 heteroatoms. The van der Waals surface area contributed by atoms with E-state index < -0.39 is 10.0 Å². The summed E-state index contributed by atoms with van der Waals surface area (Å²) in [7, 11) is -1.78. The molecule has 0 aromatic heterocycles. The first-order chi connectivity index (χ1) is 9.35. The van der Waals surface area contributed by atoms with Crippen LogP contribution in [-0.2, 0) is 10.0 Å². The van der Waals surface area contributed by atoms with Crippen LogP contribution in [0.4, 0.5) is 0 Å². The number of hydrogen-bond acceptors (Lipinski definition) is 4. The van der Waals surface area contributed by atoms with Crippen LogP contribution >= 0.6 is 0 Å². The van der Waals surface area contributed by atoms with Gasteiger partial charge in [0, 0.05) is 18.2 Å². The summed E-state index contributed by atoms with van der Waals surface area (Å²) in [6.45, 7) is 4.55. The number of hydrogen-bond donors (Lipinski definition) is 3. The number of phenolic OH excluding ortho intramolecular Hbond substituents is 1. The third-order valence-electron chi connectivity index (χ3n) is 3.99. The lowest BCUT2D eigenvalue weighted by Crippen LogP contribution is -2.31. The summed E-state index contributed by atoms with van der Waals surface area (Å²) >= 11 is 0. The molecular formula is C14H22N2O3S. The van der Waals surface area contributed by atoms with Gasteiger partial charge in [-0.3, -0.25) is 0 Å². The molecule has 0 amide bonds. The Labute approximate surface area is 120 Å². The van der Waals surface area contributed by atoms with Gasteiger partial charge in [-0.25, -0.2) is 13.1 Å². The zero-order valence-electron chi connectivity index (χ0n) is 12.1. The summed E-state index contributed by atoms with van der Waals surface area (Å²) in [5.41, 5.74) is 3.30. The Kier molecular flexibility index (Phi) is 4.36. The molecule has 5 nitrogen and oxygen atoms in total. The second kappa shape index (κ2) is 5.71. The average Bonchev–Trinajstić information content (AvgIpc) is 2.72. The number of benzene rings is 1. The smallest absolute Gasteiger partial charge is 0.212 e. The van der Waals surface area contributed by atoms with E-state index in [1.807, 2.05) is 13.0 Å². The molecule has 2 atom stereocenters. The zero-order valence-corrected chi connectivity index (χ0v) is 12.9. The number of nitrogens with one attached hydrogen (secondary N) is 2. The van der Waals surface area contributed by atoms with Gasteiger partial charge < -0.3 is 10.4 Å². The number of aryl methyl sites for hydroxylation is 1. The summed E-state index contributed by atoms with van der Waals surface area (Å²) < 4.78 is 25.1. The largest absolute Gasteiger partial charge is 0.508 e. The van der Waals surface area contributed by atoms with Crippen LogP contribution in [0.25, 0.3) is 0 Å². The lowest BCUT2D eigenvalue weighted by molar-refractivity contribution is 0.449. The van der Waals surface area contributed by atoms with Gasteiger partial charge in [-0.1, -0.05) is 13.0 Å². The fourth-order valence-corrected chi connectivity index (χ4v) is 3.59. The Hall–Kier alpha value is -1.11. The first-order valence-electron chi connectivity index (χ1n) is 6.82. The maximum absolute atomic E-state index is 11.4. The summed E-state index contributed by atoms with van der Waals surface area (Å²) in [4.78, 5) is 0. The van der Waals surface area contributed by atoms with E-state index in [2.05, 4.69) is 17.0 Å². The third kappa shape index (κ3) is 2.97. The molecular weight excluding hydrogens is 276 g/mol. The van der Waals surface area contributed by atoms with Crippen molar-refractivity contribution in [1.29, 1.82) is 0 Å². The van der Waals surface area contributed by atoms with Crippen molar-refractivity contribution < 1.29 is 13.5 Å². The van der Waals surface area contributed by atoms with E-state index >= 15 is 0 Å². The summed E-state index contributed by atoms with van der Waals surface area (Å²) in [6, 6.07) is 3.66. The van der Waals surface area contributed by atoms with Crippen molar-refractivity contribution in [3.63, 3.8) is 0 Å². The van der Waals surface area contributed by atoms with Crippen LogP contribution in [0.1, 0.15) is 42.0 Å². The molecule has 1 aliphatic carbocycles. The number of aromatic hydroxyl groups is 1. The number of phenols is 1. The Morgan fingerprint density at radius 3 is 2.70 bits per heavy atom. The van der Waals surface area contributed by atoms with Crippen molar-refractivity contribution >= 4 is 10.0 Å². The van der Waals surface area contributed by atoms with E-state index in [9.17, 15) is 13.5 Å². The van der Waals surface area contributed by atoms with E-state index in [0.717, 1.165) is 12.0 Å². The minimum absolute atomic E-state index is 0.0203. The van der Waals surface area contributed by atoms with Gasteiger partial charge in [-0.05, 0) is 43.5 Å². The highest BCUT2D eigenvalue weighted by molar-refractivity contribution is 7.89. The lowest BCUT2D eigenvalue weighted by Gasteiger charge is -2.15. The highest BCUT2D eigenvalue weighted by atomic mass is 32.2. The molecule has 0 fully saturated rings. The van der Waals surface area contributed by atoms with Crippen molar-refractivity contribution in [3.05, 3.63) is 28.8 Å². The molecule has 20 heavy (non-hydrogen) atoms. The molecule has 2 unspecified atom stereocenters. The predicted octanol–water partition coefficient (Wildman–Crippen LogP) is 1.39. The van der Waals surface area contributed by atoms with Crippen LogP contribution in [0.2, 0.25) is 0 Å². The standard InChI is InChI=1S/C14H22N2O3S/c1-9-4-5-12(17)14-11(8-10(2)13(9)14)16-6-7-20(18,19)15-3/h4-5,10-11,15-17H,6-8H2,1-3H3. The van der Waals surface area contributed by atoms with Crippen LogP contribution in [0.15, 0.2) is 12.1 Å². The van der Waals surface area contributed by atoms with Gasteiger partial charge in [0.05, 0.1) is 5.75 Å². The van der Waals surface area contributed by atoms with Crippen molar-refractivity contribution in [2.24, 2.45) is 0 Å². The molecule has 0 saturated heterocycles. The Morgan fingerprint density at radius 1 is 1.35 bits per heavy atom. The maximum Gasteiger partial charge on any atom is 0.212 e. The first kappa shape index (κ1) is 15.3. The van der Waals surface area contributed by atoms with Gasteiger partial charge in [0.2, 0.25) is 10.0 Å². The molecule has 0 saturated carbocycles. The predicted molar refractivity (Wildman–Crippen MR) is 79.5 cm³/mol. The van der Waals surface area contributed by atoms with Crippen LogP contribution in [0.3, 0.4) is 0 Å². The van der Waals surface area contributed by atoms with Crippen LogP contribution in [0.5, 0.6) is 5.75 Å². The molecule has 0 radical (unpaired) electrons. The fourth-order valence-electron chi connectivity index (χ4n) is 3.00. The van der Waals surface area contributed by atoms with E-state index in [1.165, 1.54) is 18.2 Å². The van der Waals surface area contributed by atoms with Crippen molar-refractivity contribution in [2.75, 3.05) is 19.3 Å². The minimum atomic E-state index is -3.20. The summed E-state index contributed by atoms with van der Waals surface area (Å²) in [5.74, 6) is 0.704. The molecule has 0 aliphatic heterocycles. The van der Waals surface area contributed by atoms with Crippen LogP contribution in [-0.4, -0.2) is 32.9 Å². The Bertz CT molecular complexity index is 599. The number of rotatable bonds is 5. The average molecular weight is 298 g/mol.